The van der Waals surface area contributed by atoms with Gasteiger partial charge in [0.2, 0.25) is 0 Å². The molecule has 0 aliphatic carbocycles. The first kappa shape index (κ1) is 9.26. The van der Waals surface area contributed by atoms with Crippen LogP contribution in [0.3, 0.4) is 0 Å². The number of nitrogens with zero attached hydrogens (tertiary/aromatic N) is 2. The normalized spacial score (nSPS) is 13.2. The maximum absolute atomic E-state index is 5.44. The van der Waals surface area contributed by atoms with E-state index in [0.717, 1.165) is 25.1 Å². The van der Waals surface area contributed by atoms with E-state index >= 15 is 0 Å². The molecule has 1 unspecified atom stereocenters. The minimum Gasteiger partial charge on any atom is -0.334 e. The maximum Gasteiger partial charge on any atom is 0.0951 e. The highest BCUT2D eigenvalue weighted by atomic mass is 15.1. The van der Waals surface area contributed by atoms with Gasteiger partial charge < -0.3 is 10.3 Å². The smallest absolute Gasteiger partial charge is 0.0951 e. The number of aromatic nitrogens is 2. The predicted octanol–water partition coefficient (Wildman–Crippen LogP) is 1.49. The molecule has 12 heavy (non-hydrogen) atoms. The van der Waals surface area contributed by atoms with Crippen LogP contribution in [0.5, 0.6) is 0 Å². The second-order valence-corrected chi connectivity index (χ2v) is 3.24. The molecule has 2 N–H and O–H groups in total. The van der Waals surface area contributed by atoms with Crippen LogP contribution in [-0.4, -0.2) is 16.1 Å². The molecule has 1 rings (SSSR count). The van der Waals surface area contributed by atoms with E-state index in [1.807, 2.05) is 13.3 Å². The Kier molecular flexibility index (Phi) is 3.29. The number of rotatable bonds is 4. The standard InChI is InChI=1S/C9H17N3/c1-8-6-12(7-11-8)9(2)4-3-5-10/h6-7,9H,3-5,10H2,1-2H3. The van der Waals surface area contributed by atoms with Crippen molar-refractivity contribution < 1.29 is 0 Å². The predicted molar refractivity (Wildman–Crippen MR) is 50.0 cm³/mol. The first-order valence-corrected chi connectivity index (χ1v) is 4.44. The van der Waals surface area contributed by atoms with Gasteiger partial charge in [0.05, 0.1) is 12.0 Å². The van der Waals surface area contributed by atoms with Gasteiger partial charge in [-0.1, -0.05) is 0 Å². The molecular weight excluding hydrogens is 150 g/mol. The van der Waals surface area contributed by atoms with Gasteiger partial charge in [-0.05, 0) is 33.2 Å². The monoisotopic (exact) mass is 167 g/mol. The molecule has 0 radical (unpaired) electrons. The summed E-state index contributed by atoms with van der Waals surface area (Å²) in [5.74, 6) is 0. The van der Waals surface area contributed by atoms with Crippen LogP contribution in [0, 0.1) is 6.92 Å². The van der Waals surface area contributed by atoms with Gasteiger partial charge >= 0.3 is 0 Å². The van der Waals surface area contributed by atoms with E-state index in [0.29, 0.717) is 6.04 Å². The summed E-state index contributed by atoms with van der Waals surface area (Å²) in [4.78, 5) is 4.18. The third-order valence-corrected chi connectivity index (χ3v) is 2.07. The Morgan fingerprint density at radius 2 is 2.42 bits per heavy atom. The number of nitrogens with two attached hydrogens (primary N) is 1. The van der Waals surface area contributed by atoms with Crippen molar-refractivity contribution in [3.05, 3.63) is 18.2 Å². The van der Waals surface area contributed by atoms with Gasteiger partial charge in [0.25, 0.3) is 0 Å². The summed E-state index contributed by atoms with van der Waals surface area (Å²) in [6, 6.07) is 0.523. The minimum atomic E-state index is 0.523. The lowest BCUT2D eigenvalue weighted by molar-refractivity contribution is 0.491. The fourth-order valence-electron chi connectivity index (χ4n) is 1.24. The third kappa shape index (κ3) is 2.34. The molecule has 0 saturated heterocycles. The van der Waals surface area contributed by atoms with Crippen LogP contribution in [0.15, 0.2) is 12.5 Å². The van der Waals surface area contributed by atoms with E-state index in [4.69, 9.17) is 5.73 Å². The highest BCUT2D eigenvalue weighted by molar-refractivity contribution is 4.93. The van der Waals surface area contributed by atoms with Crippen LogP contribution in [-0.2, 0) is 0 Å². The zero-order chi connectivity index (χ0) is 8.97. The van der Waals surface area contributed by atoms with Crippen LogP contribution >= 0.6 is 0 Å². The number of imidazole rings is 1. The van der Waals surface area contributed by atoms with E-state index in [-0.39, 0.29) is 0 Å². The Labute approximate surface area is 73.6 Å². The fraction of sp³-hybridized carbons (Fsp3) is 0.667. The molecule has 1 heterocycles. The molecule has 1 aromatic rings. The van der Waals surface area contributed by atoms with Crippen LogP contribution in [0.2, 0.25) is 0 Å². The molecule has 0 bridgehead atoms. The zero-order valence-electron chi connectivity index (χ0n) is 7.83. The average Bonchev–Trinajstić information content (AvgIpc) is 2.47. The van der Waals surface area contributed by atoms with Gasteiger partial charge in [-0.3, -0.25) is 0 Å². The fourth-order valence-corrected chi connectivity index (χ4v) is 1.24. The maximum atomic E-state index is 5.44. The van der Waals surface area contributed by atoms with Crippen LogP contribution < -0.4 is 5.73 Å². The molecule has 3 nitrogen and oxygen atoms in total. The van der Waals surface area contributed by atoms with Gasteiger partial charge in [0.15, 0.2) is 0 Å². The Hall–Kier alpha value is -0.830. The van der Waals surface area contributed by atoms with E-state index < -0.39 is 0 Å². The summed E-state index contributed by atoms with van der Waals surface area (Å²) in [5, 5.41) is 0. The van der Waals surface area contributed by atoms with Crippen molar-refractivity contribution in [3.63, 3.8) is 0 Å². The molecule has 0 saturated carbocycles. The summed E-state index contributed by atoms with van der Waals surface area (Å²) < 4.78 is 2.14. The van der Waals surface area contributed by atoms with E-state index in [1.165, 1.54) is 0 Å². The highest BCUT2D eigenvalue weighted by Gasteiger charge is 2.02. The molecule has 0 amide bonds. The van der Waals surface area contributed by atoms with Crippen LogP contribution in [0.1, 0.15) is 31.5 Å². The van der Waals surface area contributed by atoms with Crippen molar-refractivity contribution in [2.24, 2.45) is 5.73 Å². The first-order valence-electron chi connectivity index (χ1n) is 4.44. The Bertz CT molecular complexity index is 229. The van der Waals surface area contributed by atoms with Crippen LogP contribution in [0.25, 0.3) is 0 Å². The highest BCUT2D eigenvalue weighted by Crippen LogP contribution is 2.12. The van der Waals surface area contributed by atoms with Crippen molar-refractivity contribution in [3.8, 4) is 0 Å². The molecule has 3 heteroatoms. The zero-order valence-corrected chi connectivity index (χ0v) is 7.83. The molecule has 0 fully saturated rings. The van der Waals surface area contributed by atoms with Crippen LogP contribution in [0.4, 0.5) is 0 Å². The lowest BCUT2D eigenvalue weighted by atomic mass is 10.2. The molecule has 0 aliphatic heterocycles. The molecule has 68 valence electrons. The summed E-state index contributed by atoms with van der Waals surface area (Å²) in [5.41, 5.74) is 6.51. The average molecular weight is 167 g/mol. The quantitative estimate of drug-likeness (QED) is 0.738. The van der Waals surface area contributed by atoms with Gasteiger partial charge in [0, 0.05) is 12.2 Å². The SMILES string of the molecule is Cc1cn(C(C)CCCN)cn1. The first-order chi connectivity index (χ1) is 5.74. The van der Waals surface area contributed by atoms with Crippen molar-refractivity contribution >= 4 is 0 Å². The molecule has 0 aromatic carbocycles. The van der Waals surface area contributed by atoms with Crippen molar-refractivity contribution in [2.45, 2.75) is 32.7 Å². The van der Waals surface area contributed by atoms with Gasteiger partial charge in [-0.25, -0.2) is 4.98 Å². The Balaban J connectivity index is 2.47. The molecule has 0 aliphatic rings. The van der Waals surface area contributed by atoms with Gasteiger partial charge in [-0.15, -0.1) is 0 Å². The largest absolute Gasteiger partial charge is 0.334 e. The molecule has 0 spiro atoms. The van der Waals surface area contributed by atoms with Crippen molar-refractivity contribution in [1.29, 1.82) is 0 Å². The summed E-state index contributed by atoms with van der Waals surface area (Å²) in [7, 11) is 0. The second-order valence-electron chi connectivity index (χ2n) is 3.24. The topological polar surface area (TPSA) is 43.8 Å². The summed E-state index contributed by atoms with van der Waals surface area (Å²) >= 11 is 0. The van der Waals surface area contributed by atoms with Gasteiger partial charge in [0.1, 0.15) is 0 Å². The van der Waals surface area contributed by atoms with E-state index in [1.54, 1.807) is 0 Å². The molecular formula is C9H17N3. The Morgan fingerprint density at radius 1 is 1.67 bits per heavy atom. The van der Waals surface area contributed by atoms with Crippen molar-refractivity contribution in [1.82, 2.24) is 9.55 Å². The number of hydrogen-bond acceptors (Lipinski definition) is 2. The summed E-state index contributed by atoms with van der Waals surface area (Å²) in [6.07, 6.45) is 6.17. The number of aryl methyl sites for hydroxylation is 1. The third-order valence-electron chi connectivity index (χ3n) is 2.07. The van der Waals surface area contributed by atoms with Gasteiger partial charge in [-0.2, -0.15) is 0 Å². The van der Waals surface area contributed by atoms with E-state index in [9.17, 15) is 0 Å². The lowest BCUT2D eigenvalue weighted by Gasteiger charge is -2.11. The second kappa shape index (κ2) is 4.26. The van der Waals surface area contributed by atoms with Crippen molar-refractivity contribution in [2.75, 3.05) is 6.54 Å². The lowest BCUT2D eigenvalue weighted by Crippen LogP contribution is -2.06. The minimum absolute atomic E-state index is 0.523. The van der Waals surface area contributed by atoms with E-state index in [2.05, 4.69) is 22.7 Å². The molecule has 1 aromatic heterocycles. The Morgan fingerprint density at radius 3 is 2.92 bits per heavy atom. The summed E-state index contributed by atoms with van der Waals surface area (Å²) in [6.45, 7) is 4.97. The number of hydrogen-bond donors (Lipinski definition) is 1. The molecule has 1 atom stereocenters.